The normalized spacial score (nSPS) is 10.6. The maximum absolute atomic E-state index is 11.7. The molecule has 5 nitrogen and oxygen atoms in total. The van der Waals surface area contributed by atoms with E-state index in [0.717, 1.165) is 11.3 Å². The molecule has 0 unspecified atom stereocenters. The van der Waals surface area contributed by atoms with E-state index < -0.39 is 0 Å². The van der Waals surface area contributed by atoms with Crippen molar-refractivity contribution in [3.63, 3.8) is 0 Å². The summed E-state index contributed by atoms with van der Waals surface area (Å²) in [4.78, 5) is 26.7. The third kappa shape index (κ3) is 5.19. The fourth-order valence-electron chi connectivity index (χ4n) is 1.94. The lowest BCUT2D eigenvalue weighted by Crippen LogP contribution is -2.34. The maximum atomic E-state index is 11.7. The summed E-state index contributed by atoms with van der Waals surface area (Å²) < 4.78 is 5.59. The van der Waals surface area contributed by atoms with Gasteiger partial charge in [-0.25, -0.2) is 0 Å². The number of rotatable bonds is 7. The van der Waals surface area contributed by atoms with Crippen molar-refractivity contribution in [3.8, 4) is 5.75 Å². The fourth-order valence-corrected chi connectivity index (χ4v) is 1.94. The highest BCUT2D eigenvalue weighted by molar-refractivity contribution is 5.94. The first kappa shape index (κ1) is 17.2. The van der Waals surface area contributed by atoms with Crippen LogP contribution in [0, 0.1) is 0 Å². The molecule has 0 aliphatic rings. The van der Waals surface area contributed by atoms with Gasteiger partial charge in [-0.05, 0) is 39.1 Å². The van der Waals surface area contributed by atoms with Crippen molar-refractivity contribution in [3.05, 3.63) is 29.3 Å². The van der Waals surface area contributed by atoms with E-state index in [-0.39, 0.29) is 11.7 Å². The van der Waals surface area contributed by atoms with E-state index in [1.165, 1.54) is 0 Å². The first-order chi connectivity index (χ1) is 9.85. The lowest BCUT2D eigenvalue weighted by molar-refractivity contribution is -0.129. The van der Waals surface area contributed by atoms with Gasteiger partial charge in [0.15, 0.2) is 5.78 Å². The third-order valence-electron chi connectivity index (χ3n) is 3.11. The van der Waals surface area contributed by atoms with Gasteiger partial charge in [-0.15, -0.1) is 0 Å². The van der Waals surface area contributed by atoms with Crippen molar-refractivity contribution < 1.29 is 14.3 Å². The number of hydrogen-bond donors (Lipinski definition) is 0. The summed E-state index contributed by atoms with van der Waals surface area (Å²) >= 11 is 0. The summed E-state index contributed by atoms with van der Waals surface area (Å²) in [6, 6.07) is 5.42. The van der Waals surface area contributed by atoms with E-state index in [1.807, 2.05) is 31.0 Å². The minimum atomic E-state index is 0.0197. The second-order valence-electron chi connectivity index (χ2n) is 5.27. The molecule has 0 spiro atoms. The van der Waals surface area contributed by atoms with Crippen molar-refractivity contribution in [2.45, 2.75) is 20.4 Å². The minimum Gasteiger partial charge on any atom is -0.494 e. The van der Waals surface area contributed by atoms with E-state index in [9.17, 15) is 9.59 Å². The highest BCUT2D eigenvalue weighted by Crippen LogP contribution is 2.22. The molecule has 0 aliphatic carbocycles. The molecular weight excluding hydrogens is 268 g/mol. The zero-order chi connectivity index (χ0) is 16.0. The quantitative estimate of drug-likeness (QED) is 0.719. The van der Waals surface area contributed by atoms with Crippen LogP contribution in [0.3, 0.4) is 0 Å². The Labute approximate surface area is 126 Å². The topological polar surface area (TPSA) is 49.9 Å². The SMILES string of the molecule is CCOc1ccc(C(C)=O)cc1CN(C)CC(=O)N(C)C. The predicted molar refractivity (Wildman–Crippen MR) is 82.6 cm³/mol. The van der Waals surface area contributed by atoms with Gasteiger partial charge in [0.05, 0.1) is 13.2 Å². The van der Waals surface area contributed by atoms with Crippen molar-refractivity contribution >= 4 is 11.7 Å². The van der Waals surface area contributed by atoms with Crippen LogP contribution in [0.4, 0.5) is 0 Å². The molecule has 0 heterocycles. The molecule has 0 N–H and O–H groups in total. The molecule has 0 saturated carbocycles. The van der Waals surface area contributed by atoms with E-state index in [0.29, 0.717) is 25.3 Å². The Kier molecular flexibility index (Phi) is 6.37. The number of amides is 1. The molecule has 0 saturated heterocycles. The average molecular weight is 292 g/mol. The minimum absolute atomic E-state index is 0.0197. The Balaban J connectivity index is 2.90. The van der Waals surface area contributed by atoms with E-state index in [1.54, 1.807) is 32.0 Å². The van der Waals surface area contributed by atoms with Crippen LogP contribution in [0.15, 0.2) is 18.2 Å². The van der Waals surface area contributed by atoms with Crippen LogP contribution in [0.2, 0.25) is 0 Å². The summed E-state index contributed by atoms with van der Waals surface area (Å²) in [5, 5.41) is 0. The molecule has 5 heteroatoms. The van der Waals surface area contributed by atoms with Gasteiger partial charge < -0.3 is 9.64 Å². The number of hydrogen-bond acceptors (Lipinski definition) is 4. The van der Waals surface area contributed by atoms with Crippen LogP contribution < -0.4 is 4.74 Å². The molecule has 1 rings (SSSR count). The summed E-state index contributed by atoms with van der Waals surface area (Å²) in [5.41, 5.74) is 1.57. The number of ether oxygens (including phenoxy) is 1. The Morgan fingerprint density at radius 1 is 1.19 bits per heavy atom. The summed E-state index contributed by atoms with van der Waals surface area (Å²) in [5.74, 6) is 0.816. The first-order valence-electron chi connectivity index (χ1n) is 7.00. The van der Waals surface area contributed by atoms with Gasteiger partial charge in [-0.1, -0.05) is 0 Å². The maximum Gasteiger partial charge on any atom is 0.236 e. The number of Topliss-reactive ketones (excluding diaryl/α,β-unsaturated/α-hetero) is 1. The number of ketones is 1. The predicted octanol–water partition coefficient (Wildman–Crippen LogP) is 1.81. The van der Waals surface area contributed by atoms with Gasteiger partial charge in [0.2, 0.25) is 5.91 Å². The molecule has 0 bridgehead atoms. The van der Waals surface area contributed by atoms with E-state index >= 15 is 0 Å². The number of carbonyl (C=O) groups is 2. The Bertz CT molecular complexity index is 512. The Hall–Kier alpha value is -1.88. The van der Waals surface area contributed by atoms with Crippen molar-refractivity contribution in [2.75, 3.05) is 34.3 Å². The van der Waals surface area contributed by atoms with Crippen LogP contribution in [-0.4, -0.2) is 55.8 Å². The van der Waals surface area contributed by atoms with Crippen LogP contribution in [0.5, 0.6) is 5.75 Å². The first-order valence-corrected chi connectivity index (χ1v) is 7.00. The van der Waals surface area contributed by atoms with Crippen molar-refractivity contribution in [1.82, 2.24) is 9.80 Å². The fraction of sp³-hybridized carbons (Fsp3) is 0.500. The van der Waals surface area contributed by atoms with E-state index in [2.05, 4.69) is 0 Å². The van der Waals surface area contributed by atoms with Crippen LogP contribution in [-0.2, 0) is 11.3 Å². The number of benzene rings is 1. The third-order valence-corrected chi connectivity index (χ3v) is 3.11. The second kappa shape index (κ2) is 7.78. The molecule has 0 atom stereocenters. The van der Waals surface area contributed by atoms with Gasteiger partial charge in [0, 0.05) is 31.8 Å². The zero-order valence-corrected chi connectivity index (χ0v) is 13.5. The Morgan fingerprint density at radius 2 is 1.86 bits per heavy atom. The lowest BCUT2D eigenvalue weighted by atomic mass is 10.1. The molecule has 0 aliphatic heterocycles. The molecule has 1 aromatic carbocycles. The molecule has 21 heavy (non-hydrogen) atoms. The molecular formula is C16H24N2O3. The zero-order valence-electron chi connectivity index (χ0n) is 13.5. The molecule has 116 valence electrons. The van der Waals surface area contributed by atoms with Gasteiger partial charge in [0.1, 0.15) is 5.75 Å². The second-order valence-corrected chi connectivity index (χ2v) is 5.27. The van der Waals surface area contributed by atoms with Gasteiger partial charge in [-0.3, -0.25) is 14.5 Å². The Morgan fingerprint density at radius 3 is 2.38 bits per heavy atom. The van der Waals surface area contributed by atoms with Gasteiger partial charge in [-0.2, -0.15) is 0 Å². The van der Waals surface area contributed by atoms with Crippen molar-refractivity contribution in [1.29, 1.82) is 0 Å². The van der Waals surface area contributed by atoms with Crippen molar-refractivity contribution in [2.24, 2.45) is 0 Å². The summed E-state index contributed by atoms with van der Waals surface area (Å²) in [7, 11) is 5.34. The smallest absolute Gasteiger partial charge is 0.236 e. The van der Waals surface area contributed by atoms with E-state index in [4.69, 9.17) is 4.74 Å². The standard InChI is InChI=1S/C16H24N2O3/c1-6-21-15-8-7-13(12(2)19)9-14(15)10-18(5)11-16(20)17(3)4/h7-9H,6,10-11H2,1-5H3. The molecule has 0 fully saturated rings. The number of nitrogens with zero attached hydrogens (tertiary/aromatic N) is 2. The van der Waals surface area contributed by atoms with Crippen LogP contribution in [0.1, 0.15) is 29.8 Å². The summed E-state index contributed by atoms with van der Waals surface area (Å²) in [6.45, 7) is 4.90. The molecule has 0 aromatic heterocycles. The monoisotopic (exact) mass is 292 g/mol. The molecule has 1 aromatic rings. The summed E-state index contributed by atoms with van der Waals surface area (Å²) in [6.07, 6.45) is 0. The molecule has 0 radical (unpaired) electrons. The number of carbonyl (C=O) groups excluding carboxylic acids is 2. The largest absolute Gasteiger partial charge is 0.494 e. The average Bonchev–Trinajstić information content (AvgIpc) is 2.40. The highest BCUT2D eigenvalue weighted by atomic mass is 16.5. The van der Waals surface area contributed by atoms with Crippen LogP contribution >= 0.6 is 0 Å². The van der Waals surface area contributed by atoms with Gasteiger partial charge in [0.25, 0.3) is 0 Å². The lowest BCUT2D eigenvalue weighted by Gasteiger charge is -2.20. The number of likely N-dealkylation sites (N-methyl/N-ethyl adjacent to an activating group) is 2. The van der Waals surface area contributed by atoms with Crippen LogP contribution in [0.25, 0.3) is 0 Å². The molecule has 1 amide bonds. The van der Waals surface area contributed by atoms with Gasteiger partial charge >= 0.3 is 0 Å². The highest BCUT2D eigenvalue weighted by Gasteiger charge is 2.13.